The van der Waals surface area contributed by atoms with E-state index in [0.29, 0.717) is 0 Å². The zero-order valence-corrected chi connectivity index (χ0v) is 14.1. The van der Waals surface area contributed by atoms with Crippen LogP contribution < -0.4 is 5.32 Å². The summed E-state index contributed by atoms with van der Waals surface area (Å²) in [6, 6.07) is 4.83. The Morgan fingerprint density at radius 2 is 1.71 bits per heavy atom. The fraction of sp³-hybridized carbons (Fsp3) is 0.500. The van der Waals surface area contributed by atoms with Crippen LogP contribution in [0.15, 0.2) is 18.3 Å². The van der Waals surface area contributed by atoms with Gasteiger partial charge in [0.25, 0.3) is 0 Å². The zero-order chi connectivity index (χ0) is 15.6. The van der Waals surface area contributed by atoms with E-state index in [9.17, 15) is 0 Å². The maximum atomic E-state index is 4.51. The number of nitrogens with zero attached hydrogens (tertiary/aromatic N) is 2. The van der Waals surface area contributed by atoms with Crippen molar-refractivity contribution in [1.82, 2.24) is 15.1 Å². The van der Waals surface area contributed by atoms with E-state index in [1.54, 1.807) is 0 Å². The van der Waals surface area contributed by atoms with Crippen LogP contribution in [-0.4, -0.2) is 16.3 Å². The molecular weight excluding hydrogens is 258 g/mol. The van der Waals surface area contributed by atoms with Gasteiger partial charge >= 0.3 is 0 Å². The summed E-state index contributed by atoms with van der Waals surface area (Å²) < 4.78 is 1.90. The van der Waals surface area contributed by atoms with Crippen molar-refractivity contribution >= 4 is 0 Å². The summed E-state index contributed by atoms with van der Waals surface area (Å²) in [5, 5.41) is 8.20. The standard InChI is InChI=1S/C18H27N3/c1-7-8-19-18(17-11-21(6)20-15(17)5)16-10-13(3)12(2)9-14(16)4/h9-11,18-19H,7-8H2,1-6H3. The molecular formula is C18H27N3. The highest BCUT2D eigenvalue weighted by Crippen LogP contribution is 2.28. The summed E-state index contributed by atoms with van der Waals surface area (Å²) in [6.45, 7) is 11.9. The van der Waals surface area contributed by atoms with Crippen LogP contribution in [0, 0.1) is 27.7 Å². The number of hydrogen-bond donors (Lipinski definition) is 1. The van der Waals surface area contributed by atoms with Crippen molar-refractivity contribution in [3.05, 3.63) is 51.8 Å². The lowest BCUT2D eigenvalue weighted by molar-refractivity contribution is 0.593. The molecule has 1 heterocycles. The van der Waals surface area contributed by atoms with E-state index in [4.69, 9.17) is 0 Å². The van der Waals surface area contributed by atoms with Gasteiger partial charge in [0.05, 0.1) is 11.7 Å². The summed E-state index contributed by atoms with van der Waals surface area (Å²) in [5.41, 5.74) is 7.78. The molecule has 114 valence electrons. The van der Waals surface area contributed by atoms with Gasteiger partial charge in [-0.05, 0) is 62.9 Å². The molecule has 0 saturated heterocycles. The second-order valence-electron chi connectivity index (χ2n) is 6.02. The Morgan fingerprint density at radius 3 is 2.29 bits per heavy atom. The van der Waals surface area contributed by atoms with Crippen molar-refractivity contribution in [1.29, 1.82) is 0 Å². The molecule has 1 aromatic carbocycles. The number of hydrogen-bond acceptors (Lipinski definition) is 2. The lowest BCUT2D eigenvalue weighted by atomic mass is 9.92. The van der Waals surface area contributed by atoms with E-state index in [1.807, 2.05) is 11.7 Å². The van der Waals surface area contributed by atoms with Gasteiger partial charge < -0.3 is 5.32 Å². The summed E-state index contributed by atoms with van der Waals surface area (Å²) in [6.07, 6.45) is 3.26. The summed E-state index contributed by atoms with van der Waals surface area (Å²) >= 11 is 0. The van der Waals surface area contributed by atoms with Crippen LogP contribution in [0.1, 0.15) is 52.9 Å². The lowest BCUT2D eigenvalue weighted by Crippen LogP contribution is -2.24. The van der Waals surface area contributed by atoms with Crippen LogP contribution in [0.3, 0.4) is 0 Å². The van der Waals surface area contributed by atoms with E-state index in [1.165, 1.54) is 27.8 Å². The van der Waals surface area contributed by atoms with Gasteiger partial charge in [0.15, 0.2) is 0 Å². The minimum atomic E-state index is 0.220. The van der Waals surface area contributed by atoms with E-state index in [-0.39, 0.29) is 6.04 Å². The Hall–Kier alpha value is -1.61. The molecule has 0 amide bonds. The largest absolute Gasteiger partial charge is 0.306 e. The van der Waals surface area contributed by atoms with Crippen LogP contribution in [0.2, 0.25) is 0 Å². The predicted molar refractivity (Wildman–Crippen MR) is 88.7 cm³/mol. The molecule has 1 unspecified atom stereocenters. The van der Waals surface area contributed by atoms with Gasteiger partial charge in [-0.15, -0.1) is 0 Å². The maximum absolute atomic E-state index is 4.51. The summed E-state index contributed by atoms with van der Waals surface area (Å²) in [5.74, 6) is 0. The first-order chi connectivity index (χ1) is 9.93. The van der Waals surface area contributed by atoms with E-state index >= 15 is 0 Å². The third-order valence-corrected chi connectivity index (χ3v) is 4.15. The molecule has 0 bridgehead atoms. The number of aromatic nitrogens is 2. The Kier molecular flexibility index (Phi) is 4.84. The third-order valence-electron chi connectivity index (χ3n) is 4.15. The predicted octanol–water partition coefficient (Wildman–Crippen LogP) is 3.74. The topological polar surface area (TPSA) is 29.9 Å². The number of rotatable bonds is 5. The first-order valence-electron chi connectivity index (χ1n) is 7.75. The average Bonchev–Trinajstić information content (AvgIpc) is 2.75. The lowest BCUT2D eigenvalue weighted by Gasteiger charge is -2.22. The fourth-order valence-electron chi connectivity index (χ4n) is 2.87. The quantitative estimate of drug-likeness (QED) is 0.907. The maximum Gasteiger partial charge on any atom is 0.0644 e. The first-order valence-corrected chi connectivity index (χ1v) is 7.75. The van der Waals surface area contributed by atoms with Crippen LogP contribution in [0.5, 0.6) is 0 Å². The number of aryl methyl sites for hydroxylation is 5. The highest BCUT2D eigenvalue weighted by molar-refractivity contribution is 5.42. The molecule has 2 rings (SSSR count). The Labute approximate surface area is 128 Å². The molecule has 1 atom stereocenters. The summed E-state index contributed by atoms with van der Waals surface area (Å²) in [7, 11) is 1.99. The van der Waals surface area contributed by atoms with Crippen molar-refractivity contribution in [3.8, 4) is 0 Å². The second kappa shape index (κ2) is 6.44. The molecule has 21 heavy (non-hydrogen) atoms. The van der Waals surface area contributed by atoms with Crippen molar-refractivity contribution in [3.63, 3.8) is 0 Å². The Balaban J connectivity index is 2.50. The molecule has 3 nitrogen and oxygen atoms in total. The minimum Gasteiger partial charge on any atom is -0.306 e. The van der Waals surface area contributed by atoms with E-state index < -0.39 is 0 Å². The molecule has 0 aliphatic heterocycles. The van der Waals surface area contributed by atoms with Crippen LogP contribution in [-0.2, 0) is 7.05 Å². The van der Waals surface area contributed by atoms with Gasteiger partial charge in [-0.25, -0.2) is 0 Å². The van der Waals surface area contributed by atoms with E-state index in [2.05, 4.69) is 63.4 Å². The third kappa shape index (κ3) is 3.35. The molecule has 0 spiro atoms. The molecule has 1 N–H and O–H groups in total. The molecule has 0 aliphatic carbocycles. The van der Waals surface area contributed by atoms with Crippen LogP contribution >= 0.6 is 0 Å². The van der Waals surface area contributed by atoms with Gasteiger partial charge in [0.1, 0.15) is 0 Å². The molecule has 0 aliphatic rings. The highest BCUT2D eigenvalue weighted by atomic mass is 15.3. The highest BCUT2D eigenvalue weighted by Gasteiger charge is 2.20. The van der Waals surface area contributed by atoms with Gasteiger partial charge in [0.2, 0.25) is 0 Å². The molecule has 1 aromatic heterocycles. The number of benzene rings is 1. The first kappa shape index (κ1) is 15.8. The van der Waals surface area contributed by atoms with Gasteiger partial charge in [-0.2, -0.15) is 5.10 Å². The zero-order valence-electron chi connectivity index (χ0n) is 14.1. The van der Waals surface area contributed by atoms with E-state index in [0.717, 1.165) is 18.7 Å². The van der Waals surface area contributed by atoms with Crippen LogP contribution in [0.25, 0.3) is 0 Å². The summed E-state index contributed by atoms with van der Waals surface area (Å²) in [4.78, 5) is 0. The molecule has 0 saturated carbocycles. The van der Waals surface area contributed by atoms with Crippen molar-refractivity contribution in [2.24, 2.45) is 7.05 Å². The molecule has 2 aromatic rings. The molecule has 0 radical (unpaired) electrons. The normalized spacial score (nSPS) is 12.7. The van der Waals surface area contributed by atoms with Gasteiger partial charge in [0, 0.05) is 18.8 Å². The van der Waals surface area contributed by atoms with Gasteiger partial charge in [-0.3, -0.25) is 4.68 Å². The second-order valence-corrected chi connectivity index (χ2v) is 6.02. The van der Waals surface area contributed by atoms with Crippen molar-refractivity contribution < 1.29 is 0 Å². The fourth-order valence-corrected chi connectivity index (χ4v) is 2.87. The van der Waals surface area contributed by atoms with Crippen molar-refractivity contribution in [2.45, 2.75) is 47.1 Å². The smallest absolute Gasteiger partial charge is 0.0644 e. The van der Waals surface area contributed by atoms with Gasteiger partial charge in [-0.1, -0.05) is 19.1 Å². The minimum absolute atomic E-state index is 0.220. The average molecular weight is 285 g/mol. The molecule has 0 fully saturated rings. The monoisotopic (exact) mass is 285 g/mol. The molecule has 3 heteroatoms. The van der Waals surface area contributed by atoms with Crippen LogP contribution in [0.4, 0.5) is 0 Å². The number of nitrogens with one attached hydrogen (secondary N) is 1. The Morgan fingerprint density at radius 1 is 1.05 bits per heavy atom. The Bertz CT molecular complexity index is 626. The van der Waals surface area contributed by atoms with Crippen molar-refractivity contribution in [2.75, 3.05) is 6.54 Å². The SMILES string of the molecule is CCCNC(c1cc(C)c(C)cc1C)c1cn(C)nc1C.